The van der Waals surface area contributed by atoms with E-state index in [1.165, 1.54) is 0 Å². The van der Waals surface area contributed by atoms with E-state index in [4.69, 9.17) is 0 Å². The molecule has 0 heterocycles. The molecule has 0 saturated heterocycles. The topological polar surface area (TPSA) is 37.3 Å². The molecule has 1 N–H and O–H groups in total. The molecule has 0 saturated carbocycles. The third-order valence-electron chi connectivity index (χ3n) is 2.03. The Balaban J connectivity index is 3.78. The van der Waals surface area contributed by atoms with Crippen molar-refractivity contribution in [1.29, 1.82) is 0 Å². The molecule has 0 amide bonds. The molecule has 0 atom stereocenters. The van der Waals surface area contributed by atoms with Gasteiger partial charge in [0, 0.05) is 0 Å². The molecule has 0 unspecified atom stereocenters. The molecule has 0 radical (unpaired) electrons. The third kappa shape index (κ3) is 4.84. The van der Waals surface area contributed by atoms with E-state index >= 15 is 0 Å². The molecule has 0 spiro atoms. The maximum absolute atomic E-state index is 10.7. The number of aliphatic hydroxyl groups is 1. The van der Waals surface area contributed by atoms with Gasteiger partial charge in [-0.05, 0) is 12.8 Å². The molecule has 2 nitrogen and oxygen atoms in total. The fourth-order valence-electron chi connectivity index (χ4n) is 1.14. The highest BCUT2D eigenvalue weighted by Crippen LogP contribution is 2.31. The van der Waals surface area contributed by atoms with Gasteiger partial charge in [-0.2, -0.15) is 0 Å². The predicted octanol–water partition coefficient (Wildman–Crippen LogP) is 3.35. The van der Waals surface area contributed by atoms with Gasteiger partial charge in [-0.3, -0.25) is 4.57 Å². The molecule has 12 heavy (non-hydrogen) atoms. The van der Waals surface area contributed by atoms with Crippen LogP contribution in [0, 0.1) is 0 Å². The number of hydrogen-bond donors (Lipinski definition) is 1. The van der Waals surface area contributed by atoms with Crippen LogP contribution in [0.4, 0.5) is 0 Å². The van der Waals surface area contributed by atoms with Crippen molar-refractivity contribution in [2.45, 2.75) is 57.7 Å². The van der Waals surface area contributed by atoms with Gasteiger partial charge in [-0.25, -0.2) is 0 Å². The Labute approximate surface area is 76.6 Å². The summed E-state index contributed by atoms with van der Waals surface area (Å²) in [6, 6.07) is 0. The van der Waals surface area contributed by atoms with Gasteiger partial charge in [-0.15, -0.1) is 0 Å². The van der Waals surface area contributed by atoms with Gasteiger partial charge in [0.05, 0.1) is 0 Å². The van der Waals surface area contributed by atoms with Gasteiger partial charge in [0.15, 0.2) is 8.46 Å². The fraction of sp³-hybridized carbons (Fsp3) is 1.00. The Hall–Kier alpha value is 0.0600. The molecule has 0 aliphatic heterocycles. The normalized spacial score (nSPS) is 12.2. The summed E-state index contributed by atoms with van der Waals surface area (Å²) in [5.74, 6) is 0. The third-order valence-corrected chi connectivity index (χ3v) is 2.82. The second-order valence-corrected chi connectivity index (χ2v) is 4.30. The molecule has 0 aromatic carbocycles. The highest BCUT2D eigenvalue weighted by atomic mass is 31.1. The average molecular weight is 190 g/mol. The first-order valence-corrected chi connectivity index (χ1v) is 5.56. The molecule has 0 aromatic rings. The summed E-state index contributed by atoms with van der Waals surface area (Å²) >= 11 is 0. The quantitative estimate of drug-likeness (QED) is 0.625. The Morgan fingerprint density at radius 1 is 1.17 bits per heavy atom. The molecule has 0 aliphatic rings. The van der Waals surface area contributed by atoms with Crippen LogP contribution in [0.25, 0.3) is 0 Å². The first kappa shape index (κ1) is 12.1. The van der Waals surface area contributed by atoms with Crippen molar-refractivity contribution in [1.82, 2.24) is 0 Å². The number of rotatable bonds is 7. The molecule has 0 aromatic heterocycles. The van der Waals surface area contributed by atoms with Crippen molar-refractivity contribution in [3.63, 3.8) is 0 Å². The molecular weight excluding hydrogens is 171 g/mol. The van der Waals surface area contributed by atoms with Crippen molar-refractivity contribution in [2.24, 2.45) is 0 Å². The van der Waals surface area contributed by atoms with Gasteiger partial charge in [0.25, 0.3) is 0 Å². The lowest BCUT2D eigenvalue weighted by molar-refractivity contribution is 0.105. The standard InChI is InChI=1S/C9H19O2P/c1-3-5-7-9(10,12-11)8-6-4-2/h10H,3-8H2,1-2H3. The van der Waals surface area contributed by atoms with Gasteiger partial charge < -0.3 is 5.11 Å². The van der Waals surface area contributed by atoms with Crippen LogP contribution in [0.1, 0.15) is 52.4 Å². The summed E-state index contributed by atoms with van der Waals surface area (Å²) in [5.41, 5.74) is 0. The maximum Gasteiger partial charge on any atom is 0.190 e. The minimum absolute atomic E-state index is 0.108. The maximum atomic E-state index is 10.7. The van der Waals surface area contributed by atoms with Crippen LogP contribution in [0.15, 0.2) is 0 Å². The van der Waals surface area contributed by atoms with Gasteiger partial charge in [-0.1, -0.05) is 39.5 Å². The molecular formula is C9H19O2P. The summed E-state index contributed by atoms with van der Waals surface area (Å²) in [6.07, 6.45) is 5.32. The number of hydrogen-bond acceptors (Lipinski definition) is 2. The Kier molecular flexibility index (Phi) is 6.60. The zero-order chi connectivity index (χ0) is 9.45. The summed E-state index contributed by atoms with van der Waals surface area (Å²) in [6.45, 7) is 4.14. The van der Waals surface area contributed by atoms with Crippen LogP contribution in [0.5, 0.6) is 0 Å². The van der Waals surface area contributed by atoms with Gasteiger partial charge >= 0.3 is 0 Å². The van der Waals surface area contributed by atoms with Crippen LogP contribution < -0.4 is 0 Å². The van der Waals surface area contributed by atoms with E-state index in [1.807, 2.05) is 0 Å². The highest BCUT2D eigenvalue weighted by molar-refractivity contribution is 7.25. The predicted molar refractivity (Wildman–Crippen MR) is 51.6 cm³/mol. The van der Waals surface area contributed by atoms with Crippen LogP contribution in [0.3, 0.4) is 0 Å². The molecule has 0 aliphatic carbocycles. The summed E-state index contributed by atoms with van der Waals surface area (Å²) < 4.78 is 10.7. The molecule has 3 heteroatoms. The average Bonchev–Trinajstić information content (AvgIpc) is 2.11. The first-order valence-electron chi connectivity index (χ1n) is 4.75. The number of unbranched alkanes of at least 4 members (excludes halogenated alkanes) is 2. The van der Waals surface area contributed by atoms with Gasteiger partial charge in [0.1, 0.15) is 5.34 Å². The second kappa shape index (κ2) is 6.56. The van der Waals surface area contributed by atoms with E-state index in [9.17, 15) is 9.67 Å². The summed E-state index contributed by atoms with van der Waals surface area (Å²) in [4.78, 5) is 0. The Morgan fingerprint density at radius 3 is 1.83 bits per heavy atom. The zero-order valence-electron chi connectivity index (χ0n) is 8.05. The van der Waals surface area contributed by atoms with E-state index in [0.29, 0.717) is 12.8 Å². The fourth-order valence-corrected chi connectivity index (χ4v) is 1.63. The summed E-state index contributed by atoms with van der Waals surface area (Å²) in [5, 5.41) is 8.82. The van der Waals surface area contributed by atoms with E-state index < -0.39 is 5.34 Å². The van der Waals surface area contributed by atoms with Crippen molar-refractivity contribution in [3.8, 4) is 0 Å². The van der Waals surface area contributed by atoms with Crippen molar-refractivity contribution < 1.29 is 9.67 Å². The van der Waals surface area contributed by atoms with Crippen LogP contribution in [0.2, 0.25) is 0 Å². The van der Waals surface area contributed by atoms with Crippen molar-refractivity contribution >= 4 is 8.46 Å². The van der Waals surface area contributed by atoms with Crippen LogP contribution >= 0.6 is 8.46 Å². The van der Waals surface area contributed by atoms with E-state index in [0.717, 1.165) is 25.7 Å². The van der Waals surface area contributed by atoms with Crippen LogP contribution in [-0.2, 0) is 4.57 Å². The molecule has 72 valence electrons. The largest absolute Gasteiger partial charge is 0.378 e. The molecule has 0 bridgehead atoms. The lowest BCUT2D eigenvalue weighted by atomic mass is 10.1. The van der Waals surface area contributed by atoms with E-state index in [1.54, 1.807) is 0 Å². The Bertz CT molecular complexity index is 118. The molecule has 0 fully saturated rings. The second-order valence-electron chi connectivity index (χ2n) is 3.28. The van der Waals surface area contributed by atoms with Crippen LogP contribution in [-0.4, -0.2) is 10.4 Å². The van der Waals surface area contributed by atoms with Crippen molar-refractivity contribution in [3.05, 3.63) is 0 Å². The smallest absolute Gasteiger partial charge is 0.190 e. The SMILES string of the molecule is CCCCC(O)(CCCC)P=O. The zero-order valence-corrected chi connectivity index (χ0v) is 8.94. The van der Waals surface area contributed by atoms with E-state index in [2.05, 4.69) is 13.8 Å². The first-order chi connectivity index (χ1) is 5.68. The highest BCUT2D eigenvalue weighted by Gasteiger charge is 2.25. The van der Waals surface area contributed by atoms with Crippen molar-refractivity contribution in [2.75, 3.05) is 0 Å². The Morgan fingerprint density at radius 2 is 1.58 bits per heavy atom. The summed E-state index contributed by atoms with van der Waals surface area (Å²) in [7, 11) is -0.108. The monoisotopic (exact) mass is 190 g/mol. The van der Waals surface area contributed by atoms with E-state index in [-0.39, 0.29) is 8.46 Å². The molecule has 0 rings (SSSR count). The minimum atomic E-state index is -0.938. The lowest BCUT2D eigenvalue weighted by Crippen LogP contribution is -2.20. The minimum Gasteiger partial charge on any atom is -0.378 e. The lowest BCUT2D eigenvalue weighted by Gasteiger charge is -2.19. The van der Waals surface area contributed by atoms with Gasteiger partial charge in [0.2, 0.25) is 0 Å².